The standard InChI is InChI=1S/C25H35N3O4S/c1-6-23(25(30)26-16-19(2)3)27(17-21-12-8-7-9-13-21)24(29)18-28(33(5,31)32)22-14-10-11-20(4)15-22/h7-15,19,23H,6,16-18H2,1-5H3,(H,26,30)/t23-/m1/s1. The Morgan fingerprint density at radius 2 is 1.70 bits per heavy atom. The largest absolute Gasteiger partial charge is 0.354 e. The molecule has 0 saturated heterocycles. The molecule has 0 aliphatic carbocycles. The molecule has 1 N–H and O–H groups in total. The Kier molecular flexibility index (Phi) is 9.46. The summed E-state index contributed by atoms with van der Waals surface area (Å²) in [4.78, 5) is 28.0. The minimum atomic E-state index is -3.73. The van der Waals surface area contributed by atoms with Gasteiger partial charge in [0.05, 0.1) is 11.9 Å². The van der Waals surface area contributed by atoms with Gasteiger partial charge < -0.3 is 10.2 Å². The van der Waals surface area contributed by atoms with Crippen molar-refractivity contribution in [3.05, 3.63) is 65.7 Å². The lowest BCUT2D eigenvalue weighted by Gasteiger charge is -2.33. The van der Waals surface area contributed by atoms with Crippen LogP contribution in [0.25, 0.3) is 0 Å². The molecule has 0 aromatic heterocycles. The fourth-order valence-corrected chi connectivity index (χ4v) is 4.36. The average Bonchev–Trinajstić information content (AvgIpc) is 2.75. The van der Waals surface area contributed by atoms with Crippen molar-refractivity contribution in [2.45, 2.75) is 46.7 Å². The Bertz CT molecular complexity index is 1040. The Morgan fingerprint density at radius 3 is 2.24 bits per heavy atom. The van der Waals surface area contributed by atoms with Crippen molar-refractivity contribution >= 4 is 27.5 Å². The van der Waals surface area contributed by atoms with E-state index < -0.39 is 22.0 Å². The molecule has 0 spiro atoms. The molecule has 33 heavy (non-hydrogen) atoms. The first-order valence-corrected chi connectivity index (χ1v) is 13.0. The van der Waals surface area contributed by atoms with Gasteiger partial charge in [0.25, 0.3) is 0 Å². The maximum absolute atomic E-state index is 13.5. The van der Waals surface area contributed by atoms with Crippen LogP contribution in [0.15, 0.2) is 54.6 Å². The van der Waals surface area contributed by atoms with Crippen molar-refractivity contribution in [2.75, 3.05) is 23.7 Å². The number of anilines is 1. The highest BCUT2D eigenvalue weighted by Gasteiger charge is 2.31. The lowest BCUT2D eigenvalue weighted by Crippen LogP contribution is -2.52. The summed E-state index contributed by atoms with van der Waals surface area (Å²) in [6.45, 7) is 8.03. The Labute approximate surface area is 197 Å². The van der Waals surface area contributed by atoms with Gasteiger partial charge in [0.1, 0.15) is 12.6 Å². The summed E-state index contributed by atoms with van der Waals surface area (Å²) in [6.07, 6.45) is 1.49. The summed E-state index contributed by atoms with van der Waals surface area (Å²) >= 11 is 0. The Balaban J connectivity index is 2.39. The van der Waals surface area contributed by atoms with Gasteiger partial charge >= 0.3 is 0 Å². The van der Waals surface area contributed by atoms with Crippen LogP contribution >= 0.6 is 0 Å². The number of benzene rings is 2. The van der Waals surface area contributed by atoms with Crippen molar-refractivity contribution < 1.29 is 18.0 Å². The number of rotatable bonds is 11. The molecule has 7 nitrogen and oxygen atoms in total. The predicted molar refractivity (Wildman–Crippen MR) is 132 cm³/mol. The fraction of sp³-hybridized carbons (Fsp3) is 0.440. The zero-order valence-electron chi connectivity index (χ0n) is 20.1. The van der Waals surface area contributed by atoms with Gasteiger partial charge in [0.15, 0.2) is 0 Å². The van der Waals surface area contributed by atoms with E-state index in [1.54, 1.807) is 18.2 Å². The van der Waals surface area contributed by atoms with Crippen LogP contribution in [0.5, 0.6) is 0 Å². The number of hydrogen-bond donors (Lipinski definition) is 1. The normalized spacial score (nSPS) is 12.3. The lowest BCUT2D eigenvalue weighted by atomic mass is 10.1. The van der Waals surface area contributed by atoms with Crippen LogP contribution in [0.2, 0.25) is 0 Å². The number of sulfonamides is 1. The van der Waals surface area contributed by atoms with Crippen LogP contribution in [-0.2, 0) is 26.2 Å². The van der Waals surface area contributed by atoms with Crippen LogP contribution in [0.3, 0.4) is 0 Å². The summed E-state index contributed by atoms with van der Waals surface area (Å²) in [6, 6.07) is 15.7. The van der Waals surface area contributed by atoms with Gasteiger partial charge in [0, 0.05) is 13.1 Å². The zero-order chi connectivity index (χ0) is 24.6. The van der Waals surface area contributed by atoms with Gasteiger partial charge in [-0.05, 0) is 42.5 Å². The zero-order valence-corrected chi connectivity index (χ0v) is 20.9. The van der Waals surface area contributed by atoms with E-state index in [2.05, 4.69) is 5.32 Å². The van der Waals surface area contributed by atoms with Gasteiger partial charge in [-0.25, -0.2) is 8.42 Å². The Hall–Kier alpha value is -2.87. The van der Waals surface area contributed by atoms with E-state index in [4.69, 9.17) is 0 Å². The molecule has 0 bridgehead atoms. The summed E-state index contributed by atoms with van der Waals surface area (Å²) in [5.41, 5.74) is 2.17. The molecule has 1 atom stereocenters. The van der Waals surface area contributed by atoms with Gasteiger partial charge in [-0.1, -0.05) is 63.2 Å². The number of carbonyl (C=O) groups is 2. The predicted octanol–water partition coefficient (Wildman–Crippen LogP) is 3.34. The minimum Gasteiger partial charge on any atom is -0.354 e. The first kappa shape index (κ1) is 26.4. The highest BCUT2D eigenvalue weighted by atomic mass is 32.2. The quantitative estimate of drug-likeness (QED) is 0.542. The van der Waals surface area contributed by atoms with E-state index in [9.17, 15) is 18.0 Å². The first-order valence-electron chi connectivity index (χ1n) is 11.2. The molecule has 0 fully saturated rings. The van der Waals surface area contributed by atoms with Crippen LogP contribution in [0.1, 0.15) is 38.3 Å². The molecule has 0 heterocycles. The van der Waals surface area contributed by atoms with Gasteiger partial charge in [-0.2, -0.15) is 0 Å². The monoisotopic (exact) mass is 473 g/mol. The SMILES string of the molecule is CC[C@H](C(=O)NCC(C)C)N(Cc1ccccc1)C(=O)CN(c1cccc(C)c1)S(C)(=O)=O. The molecule has 0 aliphatic heterocycles. The summed E-state index contributed by atoms with van der Waals surface area (Å²) in [7, 11) is -3.73. The lowest BCUT2D eigenvalue weighted by molar-refractivity contribution is -0.140. The molecular weight excluding hydrogens is 438 g/mol. The van der Waals surface area contributed by atoms with Crippen molar-refractivity contribution in [1.82, 2.24) is 10.2 Å². The number of nitrogens with one attached hydrogen (secondary N) is 1. The maximum Gasteiger partial charge on any atom is 0.244 e. The van der Waals surface area contributed by atoms with Crippen molar-refractivity contribution in [2.24, 2.45) is 5.92 Å². The molecular formula is C25H35N3O4S. The molecule has 2 aromatic rings. The van der Waals surface area contributed by atoms with Gasteiger partial charge in [-0.15, -0.1) is 0 Å². The molecule has 2 rings (SSSR count). The summed E-state index contributed by atoms with van der Waals surface area (Å²) < 4.78 is 26.3. The Morgan fingerprint density at radius 1 is 1.03 bits per heavy atom. The fourth-order valence-electron chi connectivity index (χ4n) is 3.52. The number of aryl methyl sites for hydroxylation is 1. The van der Waals surface area contributed by atoms with Crippen LogP contribution in [0, 0.1) is 12.8 Å². The molecule has 2 aromatic carbocycles. The van der Waals surface area contributed by atoms with E-state index in [1.165, 1.54) is 4.90 Å². The third-order valence-corrected chi connectivity index (χ3v) is 6.38. The number of amides is 2. The minimum absolute atomic E-state index is 0.207. The summed E-state index contributed by atoms with van der Waals surface area (Å²) in [5, 5.41) is 2.91. The van der Waals surface area contributed by atoms with E-state index >= 15 is 0 Å². The van der Waals surface area contributed by atoms with Gasteiger partial charge in [-0.3, -0.25) is 13.9 Å². The average molecular weight is 474 g/mol. The second kappa shape index (κ2) is 11.8. The van der Waals surface area contributed by atoms with E-state index in [1.807, 2.05) is 64.1 Å². The third kappa shape index (κ3) is 7.89. The van der Waals surface area contributed by atoms with Crippen LogP contribution in [0.4, 0.5) is 5.69 Å². The summed E-state index contributed by atoms with van der Waals surface area (Å²) in [5.74, 6) is -0.402. The molecule has 0 unspecified atom stereocenters. The smallest absolute Gasteiger partial charge is 0.244 e. The number of nitrogens with zero attached hydrogens (tertiary/aromatic N) is 2. The molecule has 0 aliphatic rings. The van der Waals surface area contributed by atoms with Crippen molar-refractivity contribution in [3.8, 4) is 0 Å². The van der Waals surface area contributed by atoms with E-state index in [-0.39, 0.29) is 24.9 Å². The second-order valence-electron chi connectivity index (χ2n) is 8.68. The van der Waals surface area contributed by atoms with E-state index in [0.29, 0.717) is 18.7 Å². The third-order valence-electron chi connectivity index (χ3n) is 5.24. The van der Waals surface area contributed by atoms with E-state index in [0.717, 1.165) is 21.7 Å². The van der Waals surface area contributed by atoms with Crippen molar-refractivity contribution in [1.29, 1.82) is 0 Å². The highest BCUT2D eigenvalue weighted by Crippen LogP contribution is 2.20. The van der Waals surface area contributed by atoms with Crippen LogP contribution in [-0.4, -0.2) is 50.5 Å². The molecule has 8 heteroatoms. The van der Waals surface area contributed by atoms with Gasteiger partial charge in [0.2, 0.25) is 21.8 Å². The molecule has 0 saturated carbocycles. The second-order valence-corrected chi connectivity index (χ2v) is 10.6. The highest BCUT2D eigenvalue weighted by molar-refractivity contribution is 7.92. The number of hydrogen-bond acceptors (Lipinski definition) is 4. The van der Waals surface area contributed by atoms with Crippen LogP contribution < -0.4 is 9.62 Å². The molecule has 180 valence electrons. The van der Waals surface area contributed by atoms with Crippen molar-refractivity contribution in [3.63, 3.8) is 0 Å². The maximum atomic E-state index is 13.5. The first-order chi connectivity index (χ1) is 15.5. The molecule has 2 amide bonds. The number of carbonyl (C=O) groups excluding carboxylic acids is 2. The topological polar surface area (TPSA) is 86.8 Å². The molecule has 0 radical (unpaired) electrons.